The van der Waals surface area contributed by atoms with Gasteiger partial charge in [-0.25, -0.2) is 8.42 Å². The number of amides is 1. The number of sulfonamides is 1. The summed E-state index contributed by atoms with van der Waals surface area (Å²) in [4.78, 5) is 15.7. The van der Waals surface area contributed by atoms with E-state index in [1.54, 1.807) is 24.3 Å². The summed E-state index contributed by atoms with van der Waals surface area (Å²) in [5, 5.41) is 3.22. The van der Waals surface area contributed by atoms with Gasteiger partial charge in [-0.3, -0.25) is 9.78 Å². The second-order valence-electron chi connectivity index (χ2n) is 5.10. The maximum Gasteiger partial charge on any atom is 0.244 e. The van der Waals surface area contributed by atoms with Crippen LogP contribution in [-0.4, -0.2) is 50.4 Å². The van der Waals surface area contributed by atoms with E-state index in [1.165, 1.54) is 31.6 Å². The highest BCUT2D eigenvalue weighted by Crippen LogP contribution is 2.15. The van der Waals surface area contributed by atoms with Crippen LogP contribution >= 0.6 is 11.6 Å². The number of hydrogen-bond acceptors (Lipinski definition) is 5. The first kappa shape index (κ1) is 19.2. The van der Waals surface area contributed by atoms with Gasteiger partial charge in [-0.15, -0.1) is 0 Å². The van der Waals surface area contributed by atoms with Crippen LogP contribution < -0.4 is 10.1 Å². The number of benzene rings is 1. The van der Waals surface area contributed by atoms with Crippen LogP contribution in [0, 0.1) is 0 Å². The minimum absolute atomic E-state index is 0.0383. The molecule has 0 unspecified atom stereocenters. The standard InChI is InChI=1S/C16H18ClN3O4S/c1-20(25(22,23)15-3-2-8-18-11-15)12-16(21)19-9-10-24-14-6-4-13(17)5-7-14/h2-8,11H,9-10,12H2,1H3,(H,19,21). The van der Waals surface area contributed by atoms with Gasteiger partial charge in [0.25, 0.3) is 0 Å². The third kappa shape index (κ3) is 5.70. The summed E-state index contributed by atoms with van der Waals surface area (Å²) in [6.07, 6.45) is 2.72. The lowest BCUT2D eigenvalue weighted by atomic mass is 10.3. The number of nitrogens with one attached hydrogen (secondary N) is 1. The molecule has 0 aliphatic rings. The van der Waals surface area contributed by atoms with Crippen molar-refractivity contribution in [2.45, 2.75) is 4.90 Å². The zero-order valence-electron chi connectivity index (χ0n) is 13.6. The third-order valence-electron chi connectivity index (χ3n) is 3.22. The van der Waals surface area contributed by atoms with E-state index >= 15 is 0 Å². The highest BCUT2D eigenvalue weighted by atomic mass is 35.5. The lowest BCUT2D eigenvalue weighted by molar-refractivity contribution is -0.121. The van der Waals surface area contributed by atoms with Crippen LogP contribution in [0.1, 0.15) is 0 Å². The van der Waals surface area contributed by atoms with Crippen molar-refractivity contribution in [1.29, 1.82) is 0 Å². The largest absolute Gasteiger partial charge is 0.492 e. The van der Waals surface area contributed by atoms with E-state index in [0.29, 0.717) is 10.8 Å². The Labute approximate surface area is 151 Å². The van der Waals surface area contributed by atoms with Crippen LogP contribution in [0.15, 0.2) is 53.7 Å². The van der Waals surface area contributed by atoms with Gasteiger partial charge < -0.3 is 10.1 Å². The van der Waals surface area contributed by atoms with Gasteiger partial charge in [0, 0.05) is 24.5 Å². The van der Waals surface area contributed by atoms with Gasteiger partial charge in [0.05, 0.1) is 13.1 Å². The summed E-state index contributed by atoms with van der Waals surface area (Å²) < 4.78 is 31.0. The van der Waals surface area contributed by atoms with Crippen molar-refractivity contribution >= 4 is 27.5 Å². The van der Waals surface area contributed by atoms with Gasteiger partial charge in [0.1, 0.15) is 17.3 Å². The van der Waals surface area contributed by atoms with E-state index in [9.17, 15) is 13.2 Å². The Morgan fingerprint density at radius 1 is 1.28 bits per heavy atom. The van der Waals surface area contributed by atoms with Crippen LogP contribution in [0.2, 0.25) is 5.02 Å². The number of nitrogens with zero attached hydrogens (tertiary/aromatic N) is 2. The smallest absolute Gasteiger partial charge is 0.244 e. The molecule has 7 nitrogen and oxygen atoms in total. The van der Waals surface area contributed by atoms with E-state index < -0.39 is 15.9 Å². The van der Waals surface area contributed by atoms with Crippen molar-refractivity contribution in [3.05, 3.63) is 53.8 Å². The fraction of sp³-hybridized carbons (Fsp3) is 0.250. The number of ether oxygens (including phenoxy) is 1. The van der Waals surface area contributed by atoms with Gasteiger partial charge in [-0.1, -0.05) is 11.6 Å². The number of carbonyl (C=O) groups is 1. The van der Waals surface area contributed by atoms with E-state index in [2.05, 4.69) is 10.3 Å². The van der Waals surface area contributed by atoms with Crippen molar-refractivity contribution in [2.75, 3.05) is 26.7 Å². The summed E-state index contributed by atoms with van der Waals surface area (Å²) in [6.45, 7) is 0.215. The summed E-state index contributed by atoms with van der Waals surface area (Å²) in [5.74, 6) is 0.213. The van der Waals surface area contributed by atoms with Crippen molar-refractivity contribution in [2.24, 2.45) is 0 Å². The highest BCUT2D eigenvalue weighted by Gasteiger charge is 2.22. The highest BCUT2D eigenvalue weighted by molar-refractivity contribution is 7.89. The Morgan fingerprint density at radius 3 is 2.64 bits per heavy atom. The molecule has 0 saturated heterocycles. The Balaban J connectivity index is 1.77. The second-order valence-corrected chi connectivity index (χ2v) is 7.58. The van der Waals surface area contributed by atoms with Crippen molar-refractivity contribution in [3.63, 3.8) is 0 Å². The topological polar surface area (TPSA) is 88.6 Å². The van der Waals surface area contributed by atoms with Gasteiger partial charge in [0.15, 0.2) is 0 Å². The zero-order valence-corrected chi connectivity index (χ0v) is 15.1. The molecule has 2 rings (SSSR count). The monoisotopic (exact) mass is 383 g/mol. The lowest BCUT2D eigenvalue weighted by Gasteiger charge is -2.16. The summed E-state index contributed by atoms with van der Waals surface area (Å²) in [6, 6.07) is 9.80. The molecule has 1 aromatic carbocycles. The van der Waals surface area contributed by atoms with Crippen molar-refractivity contribution < 1.29 is 17.9 Å². The fourth-order valence-electron chi connectivity index (χ4n) is 1.91. The van der Waals surface area contributed by atoms with Crippen molar-refractivity contribution in [1.82, 2.24) is 14.6 Å². The molecule has 1 amide bonds. The Kier molecular flexibility index (Phi) is 6.74. The molecule has 25 heavy (non-hydrogen) atoms. The molecule has 1 heterocycles. The average molecular weight is 384 g/mol. The lowest BCUT2D eigenvalue weighted by Crippen LogP contribution is -2.39. The molecule has 2 aromatic rings. The third-order valence-corrected chi connectivity index (χ3v) is 5.25. The Hall–Kier alpha value is -2.16. The molecule has 9 heteroatoms. The minimum atomic E-state index is -3.75. The quantitative estimate of drug-likeness (QED) is 0.699. The van der Waals surface area contributed by atoms with Crippen LogP contribution in [0.5, 0.6) is 5.75 Å². The van der Waals surface area contributed by atoms with Crippen molar-refractivity contribution in [3.8, 4) is 5.75 Å². The van der Waals surface area contributed by atoms with Crippen LogP contribution in [0.4, 0.5) is 0 Å². The number of halogens is 1. The number of hydrogen-bond donors (Lipinski definition) is 1. The zero-order chi connectivity index (χ0) is 18.3. The first-order valence-electron chi connectivity index (χ1n) is 7.41. The number of rotatable bonds is 8. The number of pyridine rings is 1. The molecule has 0 aliphatic heterocycles. The minimum Gasteiger partial charge on any atom is -0.492 e. The van der Waals surface area contributed by atoms with E-state index in [1.807, 2.05) is 0 Å². The predicted molar refractivity (Wildman–Crippen MR) is 94.0 cm³/mol. The second kappa shape index (κ2) is 8.80. The maximum absolute atomic E-state index is 12.3. The molecule has 0 fully saturated rings. The molecule has 0 aliphatic carbocycles. The van der Waals surface area contributed by atoms with Gasteiger partial charge in [0.2, 0.25) is 15.9 Å². The molecular weight excluding hydrogens is 366 g/mol. The van der Waals surface area contributed by atoms with Crippen LogP contribution in [-0.2, 0) is 14.8 Å². The number of aromatic nitrogens is 1. The van der Waals surface area contributed by atoms with E-state index in [0.717, 1.165) is 4.31 Å². The molecule has 1 N–H and O–H groups in total. The van der Waals surface area contributed by atoms with Gasteiger partial charge >= 0.3 is 0 Å². The molecule has 0 radical (unpaired) electrons. The predicted octanol–water partition coefficient (Wildman–Crippen LogP) is 1.55. The maximum atomic E-state index is 12.3. The van der Waals surface area contributed by atoms with Gasteiger partial charge in [-0.2, -0.15) is 4.31 Å². The first-order chi connectivity index (χ1) is 11.9. The summed E-state index contributed by atoms with van der Waals surface area (Å²) in [5.41, 5.74) is 0. The van der Waals surface area contributed by atoms with E-state index in [-0.39, 0.29) is 24.6 Å². The fourth-order valence-corrected chi connectivity index (χ4v) is 3.13. The number of carbonyl (C=O) groups excluding carboxylic acids is 1. The van der Waals surface area contributed by atoms with E-state index in [4.69, 9.17) is 16.3 Å². The molecule has 0 atom stereocenters. The van der Waals surface area contributed by atoms with Crippen LogP contribution in [0.3, 0.4) is 0 Å². The Morgan fingerprint density at radius 2 is 2.00 bits per heavy atom. The Bertz CT molecular complexity index is 798. The first-order valence-corrected chi connectivity index (χ1v) is 9.23. The molecule has 1 aromatic heterocycles. The average Bonchev–Trinajstić information content (AvgIpc) is 2.61. The summed E-state index contributed by atoms with van der Waals surface area (Å²) in [7, 11) is -2.41. The van der Waals surface area contributed by atoms with Crippen LogP contribution in [0.25, 0.3) is 0 Å². The SMILES string of the molecule is CN(CC(=O)NCCOc1ccc(Cl)cc1)S(=O)(=O)c1cccnc1. The van der Waals surface area contributed by atoms with Gasteiger partial charge in [-0.05, 0) is 36.4 Å². The number of likely N-dealkylation sites (N-methyl/N-ethyl adjacent to an activating group) is 1. The normalized spacial score (nSPS) is 11.3. The molecule has 0 spiro atoms. The summed E-state index contributed by atoms with van der Waals surface area (Å²) >= 11 is 5.77. The molecular formula is C16H18ClN3O4S. The molecule has 0 bridgehead atoms. The molecule has 0 saturated carbocycles. The molecule has 134 valence electrons.